The maximum absolute atomic E-state index is 10.7. The van der Waals surface area contributed by atoms with E-state index >= 15 is 0 Å². The van der Waals surface area contributed by atoms with Crippen LogP contribution < -0.4 is 0 Å². The number of rotatable bonds is 6. The van der Waals surface area contributed by atoms with E-state index in [-0.39, 0.29) is 5.92 Å². The van der Waals surface area contributed by atoms with E-state index < -0.39 is 5.97 Å². The lowest BCUT2D eigenvalue weighted by atomic mass is 10.1. The van der Waals surface area contributed by atoms with Crippen LogP contribution in [0.15, 0.2) is 0 Å². The highest BCUT2D eigenvalue weighted by Gasteiger charge is 2.27. The zero-order chi connectivity index (χ0) is 10.4. The summed E-state index contributed by atoms with van der Waals surface area (Å²) in [5, 5.41) is 8.78. The minimum atomic E-state index is -0.665. The predicted molar refractivity (Wildman–Crippen MR) is 53.3 cm³/mol. The van der Waals surface area contributed by atoms with Crippen molar-refractivity contribution in [3.63, 3.8) is 0 Å². The summed E-state index contributed by atoms with van der Waals surface area (Å²) < 4.78 is 5.35. The summed E-state index contributed by atoms with van der Waals surface area (Å²) in [7, 11) is 0. The first-order valence-corrected chi connectivity index (χ1v) is 5.27. The number of aliphatic carboxylic acids is 1. The molecule has 1 aliphatic rings. The van der Waals surface area contributed by atoms with E-state index in [2.05, 4.69) is 11.8 Å². The first kappa shape index (κ1) is 11.5. The second kappa shape index (κ2) is 5.98. The molecule has 0 radical (unpaired) electrons. The van der Waals surface area contributed by atoms with Gasteiger partial charge in [-0.15, -0.1) is 0 Å². The lowest BCUT2D eigenvalue weighted by Crippen LogP contribution is -2.26. The summed E-state index contributed by atoms with van der Waals surface area (Å²) in [4.78, 5) is 12.8. The van der Waals surface area contributed by atoms with Gasteiger partial charge >= 0.3 is 5.97 Å². The monoisotopic (exact) mass is 201 g/mol. The van der Waals surface area contributed by atoms with Gasteiger partial charge in [0.25, 0.3) is 0 Å². The van der Waals surface area contributed by atoms with Crippen LogP contribution in [0.1, 0.15) is 19.8 Å². The molecule has 1 saturated heterocycles. The third kappa shape index (κ3) is 3.64. The maximum Gasteiger partial charge on any atom is 0.307 e. The molecular weight excluding hydrogens is 182 g/mol. The summed E-state index contributed by atoms with van der Waals surface area (Å²) in [5.74, 6) is -0.830. The Hall–Kier alpha value is -0.610. The number of carboxylic acid groups (broad SMARTS) is 1. The Morgan fingerprint density at radius 2 is 2.36 bits per heavy atom. The van der Waals surface area contributed by atoms with Gasteiger partial charge in [0, 0.05) is 19.7 Å². The van der Waals surface area contributed by atoms with Crippen molar-refractivity contribution < 1.29 is 14.6 Å². The molecule has 1 unspecified atom stereocenters. The van der Waals surface area contributed by atoms with Crippen LogP contribution in [0.25, 0.3) is 0 Å². The number of carboxylic acids is 1. The molecule has 1 aliphatic heterocycles. The SMILES string of the molecule is CCCOCCN1CCC(C(=O)O)C1. The van der Waals surface area contributed by atoms with Gasteiger partial charge in [0.15, 0.2) is 0 Å². The fraction of sp³-hybridized carbons (Fsp3) is 0.900. The van der Waals surface area contributed by atoms with Crippen molar-refractivity contribution >= 4 is 5.97 Å². The summed E-state index contributed by atoms with van der Waals surface area (Å²) in [6, 6.07) is 0. The van der Waals surface area contributed by atoms with Crippen molar-refractivity contribution in [2.24, 2.45) is 5.92 Å². The molecule has 0 amide bonds. The van der Waals surface area contributed by atoms with Crippen molar-refractivity contribution in [1.82, 2.24) is 4.90 Å². The van der Waals surface area contributed by atoms with Gasteiger partial charge in [-0.3, -0.25) is 4.79 Å². The van der Waals surface area contributed by atoms with E-state index in [0.717, 1.165) is 39.1 Å². The fourth-order valence-corrected chi connectivity index (χ4v) is 1.68. The lowest BCUT2D eigenvalue weighted by Gasteiger charge is -2.14. The second-order valence-electron chi connectivity index (χ2n) is 3.74. The predicted octanol–water partition coefficient (Wildman–Crippen LogP) is 0.820. The molecule has 1 N–H and O–H groups in total. The molecule has 4 heteroatoms. The topological polar surface area (TPSA) is 49.8 Å². The van der Waals surface area contributed by atoms with Gasteiger partial charge in [-0.25, -0.2) is 0 Å². The van der Waals surface area contributed by atoms with E-state index in [1.165, 1.54) is 0 Å². The molecule has 1 rings (SSSR count). The Morgan fingerprint density at radius 3 is 2.93 bits per heavy atom. The minimum absolute atomic E-state index is 0.166. The molecular formula is C10H19NO3. The smallest absolute Gasteiger partial charge is 0.307 e. The first-order chi connectivity index (χ1) is 6.74. The van der Waals surface area contributed by atoms with Crippen LogP contribution in [0.3, 0.4) is 0 Å². The van der Waals surface area contributed by atoms with E-state index in [9.17, 15) is 4.79 Å². The standard InChI is InChI=1S/C10H19NO3/c1-2-6-14-7-5-11-4-3-9(8-11)10(12)13/h9H,2-8H2,1H3,(H,12,13). The third-order valence-electron chi connectivity index (χ3n) is 2.52. The van der Waals surface area contributed by atoms with Crippen molar-refractivity contribution in [3.8, 4) is 0 Å². The number of likely N-dealkylation sites (tertiary alicyclic amines) is 1. The largest absolute Gasteiger partial charge is 0.481 e. The van der Waals surface area contributed by atoms with Gasteiger partial charge in [0.2, 0.25) is 0 Å². The second-order valence-corrected chi connectivity index (χ2v) is 3.74. The molecule has 1 fully saturated rings. The average molecular weight is 201 g/mol. The van der Waals surface area contributed by atoms with Crippen LogP contribution in [0.2, 0.25) is 0 Å². The molecule has 14 heavy (non-hydrogen) atoms. The highest BCUT2D eigenvalue weighted by atomic mass is 16.5. The Kier molecular flexibility index (Phi) is 4.90. The van der Waals surface area contributed by atoms with Crippen molar-refractivity contribution in [2.45, 2.75) is 19.8 Å². The molecule has 0 aromatic carbocycles. The molecule has 0 spiro atoms. The lowest BCUT2D eigenvalue weighted by molar-refractivity contribution is -0.141. The van der Waals surface area contributed by atoms with Gasteiger partial charge < -0.3 is 14.7 Å². The quantitative estimate of drug-likeness (QED) is 0.646. The van der Waals surface area contributed by atoms with E-state index in [0.29, 0.717) is 6.54 Å². The van der Waals surface area contributed by atoms with Crippen LogP contribution >= 0.6 is 0 Å². The summed E-state index contributed by atoms with van der Waals surface area (Å²) >= 11 is 0. The maximum atomic E-state index is 10.7. The average Bonchev–Trinajstić information content (AvgIpc) is 2.61. The Bertz CT molecular complexity index is 184. The fourth-order valence-electron chi connectivity index (χ4n) is 1.68. The third-order valence-corrected chi connectivity index (χ3v) is 2.52. The number of hydrogen-bond donors (Lipinski definition) is 1. The van der Waals surface area contributed by atoms with Gasteiger partial charge in [-0.2, -0.15) is 0 Å². The normalized spacial score (nSPS) is 22.8. The first-order valence-electron chi connectivity index (χ1n) is 5.27. The zero-order valence-corrected chi connectivity index (χ0v) is 8.74. The highest BCUT2D eigenvalue weighted by Crippen LogP contribution is 2.15. The van der Waals surface area contributed by atoms with E-state index in [4.69, 9.17) is 9.84 Å². The van der Waals surface area contributed by atoms with Crippen LogP contribution in [0.4, 0.5) is 0 Å². The van der Waals surface area contributed by atoms with E-state index in [1.54, 1.807) is 0 Å². The van der Waals surface area contributed by atoms with E-state index in [1.807, 2.05) is 0 Å². The van der Waals surface area contributed by atoms with Crippen LogP contribution in [-0.2, 0) is 9.53 Å². The number of hydrogen-bond acceptors (Lipinski definition) is 3. The molecule has 1 atom stereocenters. The van der Waals surface area contributed by atoms with Gasteiger partial charge in [0.1, 0.15) is 0 Å². The molecule has 0 aromatic heterocycles. The molecule has 0 aromatic rings. The van der Waals surface area contributed by atoms with Gasteiger partial charge in [-0.05, 0) is 19.4 Å². The summed E-state index contributed by atoms with van der Waals surface area (Å²) in [5.41, 5.74) is 0. The molecule has 0 aliphatic carbocycles. The van der Waals surface area contributed by atoms with Crippen LogP contribution in [0, 0.1) is 5.92 Å². The highest BCUT2D eigenvalue weighted by molar-refractivity contribution is 5.70. The van der Waals surface area contributed by atoms with Crippen molar-refractivity contribution in [2.75, 3.05) is 32.8 Å². The zero-order valence-electron chi connectivity index (χ0n) is 8.74. The Balaban J connectivity index is 2.07. The molecule has 82 valence electrons. The Labute approximate surface area is 84.8 Å². The molecule has 4 nitrogen and oxygen atoms in total. The van der Waals surface area contributed by atoms with Crippen LogP contribution in [-0.4, -0.2) is 48.8 Å². The van der Waals surface area contributed by atoms with Gasteiger partial charge in [0.05, 0.1) is 12.5 Å². The summed E-state index contributed by atoms with van der Waals surface area (Å²) in [6.07, 6.45) is 1.82. The minimum Gasteiger partial charge on any atom is -0.481 e. The summed E-state index contributed by atoms with van der Waals surface area (Å²) in [6.45, 7) is 6.05. The number of ether oxygens (including phenoxy) is 1. The van der Waals surface area contributed by atoms with Crippen LogP contribution in [0.5, 0.6) is 0 Å². The van der Waals surface area contributed by atoms with Gasteiger partial charge in [-0.1, -0.05) is 6.92 Å². The number of carbonyl (C=O) groups is 1. The Morgan fingerprint density at radius 1 is 1.57 bits per heavy atom. The number of nitrogens with zero attached hydrogens (tertiary/aromatic N) is 1. The molecule has 0 bridgehead atoms. The molecule has 0 saturated carbocycles. The van der Waals surface area contributed by atoms with Crippen molar-refractivity contribution in [3.05, 3.63) is 0 Å². The van der Waals surface area contributed by atoms with Crippen molar-refractivity contribution in [1.29, 1.82) is 0 Å². The molecule has 1 heterocycles.